The fraction of sp³-hybridized carbons (Fsp3) is 0.203. The third kappa shape index (κ3) is 23.0. The van der Waals surface area contributed by atoms with E-state index in [1.165, 1.54) is 28.3 Å². The van der Waals surface area contributed by atoms with Gasteiger partial charge in [0.15, 0.2) is 0 Å². The summed E-state index contributed by atoms with van der Waals surface area (Å²) in [5, 5.41) is 3.15. The number of carbonyl (C=O) groups excluding carboxylic acids is 3. The molecule has 1 aliphatic heterocycles. The predicted molar refractivity (Wildman–Crippen MR) is 367 cm³/mol. The van der Waals surface area contributed by atoms with Crippen LogP contribution in [0.2, 0.25) is 5.28 Å². The van der Waals surface area contributed by atoms with Gasteiger partial charge in [-0.25, -0.2) is 20.8 Å². The van der Waals surface area contributed by atoms with Gasteiger partial charge in [-0.1, -0.05) is 103 Å². The topological polar surface area (TPSA) is 355 Å². The fourth-order valence-electron chi connectivity index (χ4n) is 8.78. The minimum absolute atomic E-state index is 0.0628. The fourth-order valence-corrected chi connectivity index (χ4v) is 8.97. The SMILES string of the molecule is CCOC(=O)C(Cc1ccccc1)C(C)=O.Cc1ccc(N)c(N)c1.Cc1ccc2c(c1)CC(=O)N2.Cc1ccc2nc(-n3[nH]c(C)c(Cc4ccccc4)c3=O)[nH]c2c1.Cc1ccc2nc(Cl)[nH]c2c1.Cc1ccc2nc(NN)[nH]c2c1.NN.O=P(Cl)(Cl)Cl. The predicted octanol–water partition coefficient (Wildman–Crippen LogP) is 13.2. The Hall–Kier alpha value is -8.76. The minimum atomic E-state index is -3.22. The highest BCUT2D eigenvalue weighted by atomic mass is 36.0. The second-order valence-corrected chi connectivity index (χ2v) is 27.4. The summed E-state index contributed by atoms with van der Waals surface area (Å²) < 4.78 is 15.9. The van der Waals surface area contributed by atoms with Gasteiger partial charge in [0.25, 0.3) is 5.56 Å². The number of esters is 1. The number of rotatable bonds is 9. The van der Waals surface area contributed by atoms with Gasteiger partial charge in [0.05, 0.1) is 57.5 Å². The Bertz CT molecular complexity index is 4250. The summed E-state index contributed by atoms with van der Waals surface area (Å²) in [5.74, 6) is 13.2. The van der Waals surface area contributed by atoms with Crippen LogP contribution in [0, 0.1) is 47.5 Å². The van der Waals surface area contributed by atoms with Crippen LogP contribution in [-0.2, 0) is 42.9 Å². The lowest BCUT2D eigenvalue weighted by Gasteiger charge is -2.12. The van der Waals surface area contributed by atoms with Crippen molar-refractivity contribution in [2.45, 2.75) is 74.7 Å². The number of nitrogens with two attached hydrogens (primary N) is 5. The number of imidazole rings is 3. The van der Waals surface area contributed by atoms with Crippen molar-refractivity contribution in [1.82, 2.24) is 39.7 Å². The number of nitrogens with zero attached hydrogens (tertiary/aromatic N) is 4. The van der Waals surface area contributed by atoms with E-state index in [0.717, 1.165) is 77.9 Å². The molecule has 1 aliphatic rings. The number of carbonyl (C=O) groups is 3. The van der Waals surface area contributed by atoms with E-state index in [9.17, 15) is 23.7 Å². The van der Waals surface area contributed by atoms with Gasteiger partial charge in [0, 0.05) is 23.4 Å². The molecule has 0 spiro atoms. The van der Waals surface area contributed by atoms with Crippen LogP contribution in [-0.4, -0.2) is 64.0 Å². The normalized spacial score (nSPS) is 11.3. The van der Waals surface area contributed by atoms with Gasteiger partial charge in [-0.3, -0.25) is 46.0 Å². The summed E-state index contributed by atoms with van der Waals surface area (Å²) in [6.45, 7) is 15.5. The highest BCUT2D eigenvalue weighted by molar-refractivity contribution is 8.24. The quantitative estimate of drug-likeness (QED) is 0.0160. The van der Waals surface area contributed by atoms with Crippen molar-refractivity contribution in [3.8, 4) is 5.95 Å². The number of nitrogens with one attached hydrogen (secondary N) is 6. The second-order valence-electron chi connectivity index (χ2n) is 20.4. The number of aryl methyl sites for hydroxylation is 6. The van der Waals surface area contributed by atoms with Crippen molar-refractivity contribution in [2.24, 2.45) is 23.4 Å². The summed E-state index contributed by atoms with van der Waals surface area (Å²) in [6.07, 6.45) is 1.56. The average Bonchev–Trinajstić information content (AvgIpc) is 2.01. The van der Waals surface area contributed by atoms with Crippen LogP contribution in [0.4, 0.5) is 23.0 Å². The van der Waals surface area contributed by atoms with Gasteiger partial charge in [0.1, 0.15) is 11.7 Å². The van der Waals surface area contributed by atoms with Crippen LogP contribution in [0.5, 0.6) is 0 Å². The molecule has 12 rings (SSSR count). The van der Waals surface area contributed by atoms with Crippen molar-refractivity contribution >= 4 is 124 Å². The molecule has 1 unspecified atom stereocenters. The highest BCUT2D eigenvalue weighted by Gasteiger charge is 2.25. The van der Waals surface area contributed by atoms with Crippen LogP contribution < -0.4 is 45.3 Å². The molecule has 16 N–H and O–H groups in total. The molecule has 21 nitrogen and oxygen atoms in total. The Morgan fingerprint density at radius 1 is 0.656 bits per heavy atom. The Morgan fingerprint density at radius 3 is 1.68 bits per heavy atom. The van der Waals surface area contributed by atoms with E-state index in [-0.39, 0.29) is 17.2 Å². The van der Waals surface area contributed by atoms with E-state index in [2.05, 4.69) is 91.2 Å². The summed E-state index contributed by atoms with van der Waals surface area (Å²) in [4.78, 5) is 68.6. The molecule has 0 bridgehead atoms. The highest BCUT2D eigenvalue weighted by Crippen LogP contribution is 2.61. The number of Topliss-reactive ketones (excluding diaryl/α,β-unsaturated/α-hetero) is 1. The molecule has 0 aliphatic carbocycles. The van der Waals surface area contributed by atoms with Crippen molar-refractivity contribution in [3.63, 3.8) is 0 Å². The van der Waals surface area contributed by atoms with Crippen molar-refractivity contribution in [2.75, 3.05) is 28.8 Å². The van der Waals surface area contributed by atoms with E-state index in [1.54, 1.807) is 6.92 Å². The van der Waals surface area contributed by atoms with Crippen LogP contribution in [0.15, 0.2) is 156 Å². The van der Waals surface area contributed by atoms with E-state index >= 15 is 0 Å². The summed E-state index contributed by atoms with van der Waals surface area (Å²) in [7, 11) is 0. The van der Waals surface area contributed by atoms with Crippen LogP contribution in [0.25, 0.3) is 39.0 Å². The number of hydrazine groups is 2. The zero-order valence-corrected chi connectivity index (χ0v) is 54.8. The number of ether oxygens (including phenoxy) is 1. The number of H-pyrrole nitrogens is 4. The number of halogens is 4. The summed E-state index contributed by atoms with van der Waals surface area (Å²) >= 11 is 19.5. The number of benzene rings is 7. The summed E-state index contributed by atoms with van der Waals surface area (Å²) in [6, 6.07) is 49.1. The third-order valence-corrected chi connectivity index (χ3v) is 13.3. The molecular formula is C64H74Cl4N15O6P. The second kappa shape index (κ2) is 34.8. The molecule has 5 heterocycles. The van der Waals surface area contributed by atoms with Gasteiger partial charge in [-0.2, -0.15) is 4.68 Å². The van der Waals surface area contributed by atoms with Crippen LogP contribution in [0.1, 0.15) is 69.6 Å². The number of anilines is 4. The molecule has 1 amide bonds. The molecule has 474 valence electrons. The zero-order chi connectivity index (χ0) is 66.2. The van der Waals surface area contributed by atoms with E-state index in [0.29, 0.717) is 54.4 Å². The van der Waals surface area contributed by atoms with E-state index < -0.39 is 17.1 Å². The number of aromatic nitrogens is 8. The molecule has 0 saturated carbocycles. The molecule has 90 heavy (non-hydrogen) atoms. The first kappa shape index (κ1) is 72.0. The van der Waals surface area contributed by atoms with E-state index in [1.807, 2.05) is 193 Å². The van der Waals surface area contributed by atoms with E-state index in [4.69, 9.17) is 33.6 Å². The van der Waals surface area contributed by atoms with Gasteiger partial charge in [-0.05, 0) is 201 Å². The lowest BCUT2D eigenvalue weighted by Crippen LogP contribution is -2.26. The lowest BCUT2D eigenvalue weighted by molar-refractivity contribution is -0.151. The number of hydrogen-bond acceptors (Lipinski definition) is 15. The van der Waals surface area contributed by atoms with Gasteiger partial charge < -0.3 is 36.5 Å². The molecule has 4 aromatic heterocycles. The molecule has 0 saturated heterocycles. The zero-order valence-electron chi connectivity index (χ0n) is 50.9. The first-order chi connectivity index (χ1) is 42.8. The monoisotopic (exact) mass is 1320 g/mol. The Labute approximate surface area is 540 Å². The van der Waals surface area contributed by atoms with Crippen LogP contribution in [0.3, 0.4) is 0 Å². The third-order valence-electron chi connectivity index (χ3n) is 13.1. The molecule has 0 radical (unpaired) electrons. The maximum Gasteiger partial charge on any atom is 0.339 e. The van der Waals surface area contributed by atoms with Crippen LogP contribution >= 0.6 is 50.5 Å². The standard InChI is InChI=1S/C19H18N4O.C13H16O3.C9H9NO.C8H7ClN2.C8H10N4.C7H10N2.Cl3OP.H4N2/c1-12-8-9-16-17(10-12)21-19(20-16)23-18(24)15(13(2)22-23)11-14-6-4-3-5-7-14;1-3-16-13(15)12(10(2)14)9-11-7-5-4-6-8-11;1-6-2-3-8-7(4-6)5-9(11)10-8;1-5-2-3-6-7(4-5)11-8(9)10-6;1-5-2-3-6-7(4-5)11-8(10-6)12-9;1-5-2-3-6(8)7(9)4-5;1-5(2,3)4;1-2/h3-10,22H,11H2,1-2H3,(H,20,21);4-8,12H,3,9H2,1-2H3;2-4H,5H2,1H3,(H,10,11);2-4H,1H3,(H,10,11);2-4H,9H2,1H3,(H2,10,11,12);2-4H,8-9H2,1H3;;1-2H2. The Morgan fingerprint density at radius 2 is 1.14 bits per heavy atom. The number of amides is 1. The number of fused-ring (bicyclic) bond motifs is 4. The van der Waals surface area contributed by atoms with Gasteiger partial charge in [0.2, 0.25) is 23.1 Å². The molecule has 7 aromatic carbocycles. The molecule has 0 fully saturated rings. The number of nitrogen functional groups attached to an aromatic ring is 3. The van der Waals surface area contributed by atoms with Crippen molar-refractivity contribution in [3.05, 3.63) is 223 Å². The van der Waals surface area contributed by atoms with Gasteiger partial charge >= 0.3 is 11.2 Å². The number of ketones is 1. The molecule has 1 atom stereocenters. The smallest absolute Gasteiger partial charge is 0.339 e. The first-order valence-electron chi connectivity index (χ1n) is 27.9. The van der Waals surface area contributed by atoms with Gasteiger partial charge in [-0.15, -0.1) is 0 Å². The molecule has 11 aromatic rings. The molecule has 26 heteroatoms. The molecular weight excluding hydrogens is 1250 g/mol. The first-order valence-corrected chi connectivity index (χ1v) is 32.7. The maximum atomic E-state index is 12.8. The average molecular weight is 1320 g/mol. The Balaban J connectivity index is 0.000000198. The minimum Gasteiger partial charge on any atom is -0.465 e. The maximum absolute atomic E-state index is 12.8. The van der Waals surface area contributed by atoms with Crippen molar-refractivity contribution in [1.29, 1.82) is 0 Å². The number of aromatic amines is 4. The van der Waals surface area contributed by atoms with Crippen molar-refractivity contribution < 1.29 is 23.7 Å². The summed E-state index contributed by atoms with van der Waals surface area (Å²) in [5.41, 5.74) is 32.0. The number of hydrogen-bond donors (Lipinski definition) is 11. The lowest BCUT2D eigenvalue weighted by atomic mass is 9.96. The Kier molecular flexibility index (Phi) is 27.9. The largest absolute Gasteiger partial charge is 0.465 e.